The first-order valence-corrected chi connectivity index (χ1v) is 9.10. The van der Waals surface area contributed by atoms with Gasteiger partial charge in [-0.15, -0.1) is 0 Å². The number of benzene rings is 2. The highest BCUT2D eigenvalue weighted by atomic mass is 35.5. The molecule has 0 aliphatic heterocycles. The molecule has 0 spiro atoms. The average molecular weight is 387 g/mol. The van der Waals surface area contributed by atoms with E-state index in [1.165, 1.54) is 25.1 Å². The van der Waals surface area contributed by atoms with Crippen molar-refractivity contribution < 1.29 is 24.0 Å². The minimum absolute atomic E-state index is 0.0475. The molecule has 0 saturated carbocycles. The topological polar surface area (TPSA) is 133 Å². The monoisotopic (exact) mass is 386 g/mol. The predicted octanol–water partition coefficient (Wildman–Crippen LogP) is 3.86. The van der Waals surface area contributed by atoms with Gasteiger partial charge in [-0.1, -0.05) is 18.5 Å². The Morgan fingerprint density at radius 1 is 1.12 bits per heavy atom. The smallest absolute Gasteiger partial charge is 0.313 e. The normalized spacial score (nSPS) is 13.1. The van der Waals surface area contributed by atoms with Gasteiger partial charge in [-0.25, -0.2) is 0 Å². The molecule has 1 N–H and O–H groups in total. The number of hydrogen-bond donors (Lipinski definition) is 1. The molecule has 9 nitrogen and oxygen atoms in total. The van der Waals surface area contributed by atoms with E-state index < -0.39 is 28.6 Å². The van der Waals surface area contributed by atoms with Gasteiger partial charge in [0.05, 0.1) is 9.85 Å². The molecular formula is C14H12ClN2O7P. The molecule has 0 heterocycles. The van der Waals surface area contributed by atoms with Crippen LogP contribution in [0, 0.1) is 20.2 Å². The van der Waals surface area contributed by atoms with Gasteiger partial charge in [0.1, 0.15) is 11.1 Å². The van der Waals surface area contributed by atoms with Crippen LogP contribution in [0.25, 0.3) is 0 Å². The number of nitro benzene ring substituents is 2. The highest BCUT2D eigenvalue weighted by Crippen LogP contribution is 2.43. The molecule has 2 aromatic carbocycles. The predicted molar refractivity (Wildman–Crippen MR) is 91.3 cm³/mol. The van der Waals surface area contributed by atoms with Crippen LogP contribution < -0.4 is 10.0 Å². The molecule has 0 bridgehead atoms. The second-order valence-corrected chi connectivity index (χ2v) is 7.85. The van der Waals surface area contributed by atoms with Crippen LogP contribution in [0.15, 0.2) is 36.4 Å². The molecule has 132 valence electrons. The Kier molecular flexibility index (Phi) is 5.42. The number of hydrogen-bond acceptors (Lipinski definition) is 6. The number of ether oxygens (including phenoxy) is 1. The van der Waals surface area contributed by atoms with Crippen molar-refractivity contribution in [2.45, 2.75) is 6.92 Å². The molecule has 0 aromatic heterocycles. The van der Waals surface area contributed by atoms with Gasteiger partial charge in [0.2, 0.25) is 13.1 Å². The first-order chi connectivity index (χ1) is 11.7. The molecule has 11 heteroatoms. The summed E-state index contributed by atoms with van der Waals surface area (Å²) in [5, 5.41) is 21.9. The van der Waals surface area contributed by atoms with E-state index in [0.717, 1.165) is 18.2 Å². The zero-order chi connectivity index (χ0) is 18.8. The van der Waals surface area contributed by atoms with Crippen molar-refractivity contribution in [2.75, 3.05) is 6.16 Å². The van der Waals surface area contributed by atoms with Crippen LogP contribution in [0.2, 0.25) is 5.02 Å². The van der Waals surface area contributed by atoms with Crippen LogP contribution in [0.5, 0.6) is 11.5 Å². The van der Waals surface area contributed by atoms with Crippen LogP contribution in [0.1, 0.15) is 6.92 Å². The Labute approximate surface area is 146 Å². The lowest BCUT2D eigenvalue weighted by Gasteiger charge is -2.12. The van der Waals surface area contributed by atoms with Gasteiger partial charge in [0.25, 0.3) is 5.69 Å². The van der Waals surface area contributed by atoms with Gasteiger partial charge in [0, 0.05) is 29.4 Å². The fraction of sp³-hybridized carbons (Fsp3) is 0.143. The van der Waals surface area contributed by atoms with Crippen LogP contribution in [0.4, 0.5) is 11.4 Å². The first kappa shape index (κ1) is 18.9. The third-order valence-corrected chi connectivity index (χ3v) is 5.50. The second kappa shape index (κ2) is 7.18. The molecule has 0 aliphatic carbocycles. The Morgan fingerprint density at radius 2 is 1.76 bits per heavy atom. The Balaban J connectivity index is 2.52. The van der Waals surface area contributed by atoms with Crippen LogP contribution in [-0.4, -0.2) is 20.9 Å². The summed E-state index contributed by atoms with van der Waals surface area (Å²) in [5.74, 6) is -0.202. The Bertz CT molecular complexity index is 903. The number of nitrogens with zero attached hydrogens (tertiary/aromatic N) is 2. The SMILES string of the molecule is CCP(=O)(O)c1cc(Oc2ccc(Cl)cc2[N+](=O)[O-])ccc1[N+](=O)[O-]. The van der Waals surface area contributed by atoms with Crippen molar-refractivity contribution in [1.82, 2.24) is 0 Å². The third-order valence-electron chi connectivity index (χ3n) is 3.29. The minimum Gasteiger partial charge on any atom is -0.450 e. The molecule has 1 atom stereocenters. The summed E-state index contributed by atoms with van der Waals surface area (Å²) in [6.07, 6.45) is -0.210. The molecule has 0 saturated heterocycles. The van der Waals surface area contributed by atoms with E-state index in [-0.39, 0.29) is 28.0 Å². The van der Waals surface area contributed by atoms with Crippen LogP contribution in [-0.2, 0) is 4.57 Å². The summed E-state index contributed by atoms with van der Waals surface area (Å²) >= 11 is 5.72. The lowest BCUT2D eigenvalue weighted by atomic mass is 10.3. The Morgan fingerprint density at radius 3 is 2.32 bits per heavy atom. The number of rotatable bonds is 6. The van der Waals surface area contributed by atoms with E-state index in [2.05, 4.69) is 0 Å². The molecule has 1 unspecified atom stereocenters. The fourth-order valence-corrected chi connectivity index (χ4v) is 3.37. The van der Waals surface area contributed by atoms with Crippen molar-refractivity contribution >= 4 is 35.6 Å². The van der Waals surface area contributed by atoms with Gasteiger partial charge in [0.15, 0.2) is 0 Å². The van der Waals surface area contributed by atoms with E-state index in [9.17, 15) is 29.7 Å². The second-order valence-electron chi connectivity index (χ2n) is 4.90. The quantitative estimate of drug-likeness (QED) is 0.452. The Hall–Kier alpha value is -2.48. The molecule has 0 aliphatic rings. The lowest BCUT2D eigenvalue weighted by molar-refractivity contribution is -0.385. The van der Waals surface area contributed by atoms with Crippen molar-refractivity contribution in [2.24, 2.45) is 0 Å². The maximum atomic E-state index is 12.2. The standard InChI is InChI=1S/C14H12ClN2O7P/c1-2-25(22,23)14-8-10(4-5-11(14)16(18)19)24-13-6-3-9(15)7-12(13)17(20)21/h3-8H,2H2,1H3,(H,22,23). The van der Waals surface area contributed by atoms with E-state index in [1.54, 1.807) is 0 Å². The molecule has 0 amide bonds. The van der Waals surface area contributed by atoms with Gasteiger partial charge in [-0.2, -0.15) is 0 Å². The van der Waals surface area contributed by atoms with Crippen molar-refractivity contribution in [3.63, 3.8) is 0 Å². The lowest BCUT2D eigenvalue weighted by Crippen LogP contribution is -2.12. The van der Waals surface area contributed by atoms with E-state index in [4.69, 9.17) is 16.3 Å². The summed E-state index contributed by atoms with van der Waals surface area (Å²) in [7, 11) is -3.96. The first-order valence-electron chi connectivity index (χ1n) is 6.88. The molecule has 0 radical (unpaired) electrons. The van der Waals surface area contributed by atoms with Crippen molar-refractivity contribution in [3.8, 4) is 11.5 Å². The van der Waals surface area contributed by atoms with Gasteiger partial charge < -0.3 is 9.63 Å². The van der Waals surface area contributed by atoms with Crippen LogP contribution in [0.3, 0.4) is 0 Å². The van der Waals surface area contributed by atoms with E-state index in [0.29, 0.717) is 0 Å². The third kappa shape index (κ3) is 4.14. The molecule has 0 fully saturated rings. The van der Waals surface area contributed by atoms with Crippen molar-refractivity contribution in [1.29, 1.82) is 0 Å². The van der Waals surface area contributed by atoms with Gasteiger partial charge in [-0.3, -0.25) is 24.8 Å². The zero-order valence-corrected chi connectivity index (χ0v) is 14.4. The molecule has 25 heavy (non-hydrogen) atoms. The summed E-state index contributed by atoms with van der Waals surface area (Å²) in [5.41, 5.74) is -0.930. The highest BCUT2D eigenvalue weighted by Gasteiger charge is 2.29. The summed E-state index contributed by atoms with van der Waals surface area (Å²) in [4.78, 5) is 30.6. The summed E-state index contributed by atoms with van der Waals surface area (Å²) in [6, 6.07) is 6.98. The molecular weight excluding hydrogens is 375 g/mol. The summed E-state index contributed by atoms with van der Waals surface area (Å²) in [6.45, 7) is 1.42. The van der Waals surface area contributed by atoms with Crippen LogP contribution >= 0.6 is 19.0 Å². The number of halogens is 1. The van der Waals surface area contributed by atoms with Gasteiger partial charge >= 0.3 is 5.69 Å². The maximum Gasteiger partial charge on any atom is 0.313 e. The average Bonchev–Trinajstić information content (AvgIpc) is 2.56. The number of nitro groups is 2. The highest BCUT2D eigenvalue weighted by molar-refractivity contribution is 7.66. The minimum atomic E-state index is -3.96. The van der Waals surface area contributed by atoms with E-state index in [1.807, 2.05) is 0 Å². The molecule has 2 rings (SSSR count). The zero-order valence-electron chi connectivity index (χ0n) is 12.8. The fourth-order valence-electron chi connectivity index (χ4n) is 2.02. The van der Waals surface area contributed by atoms with Crippen molar-refractivity contribution in [3.05, 3.63) is 61.6 Å². The maximum absolute atomic E-state index is 12.2. The largest absolute Gasteiger partial charge is 0.450 e. The van der Waals surface area contributed by atoms with Gasteiger partial charge in [-0.05, 0) is 18.2 Å². The molecule has 2 aromatic rings. The van der Waals surface area contributed by atoms with E-state index >= 15 is 0 Å². The summed E-state index contributed by atoms with van der Waals surface area (Å²) < 4.78 is 17.6.